The zero-order chi connectivity index (χ0) is 15.4. The topological polar surface area (TPSA) is 21.3 Å². The molecule has 1 aromatic carbocycles. The predicted molar refractivity (Wildman–Crippen MR) is 98.4 cm³/mol. The molecule has 2 aromatic rings. The molecule has 0 fully saturated rings. The monoisotopic (exact) mass is 431 g/mol. The molecule has 2 rings (SSSR count). The summed E-state index contributed by atoms with van der Waals surface area (Å²) in [5.41, 5.74) is 1.16. The van der Waals surface area contributed by atoms with Crippen molar-refractivity contribution in [2.45, 2.75) is 26.3 Å². The summed E-state index contributed by atoms with van der Waals surface area (Å²) >= 11 is 8.97. The Hall–Kier alpha value is -0.360. The first-order valence-electron chi connectivity index (χ1n) is 6.93. The van der Waals surface area contributed by atoms with Gasteiger partial charge in [0.25, 0.3) is 0 Å². The lowest BCUT2D eigenvalue weighted by Crippen LogP contribution is -2.18. The second kappa shape index (κ2) is 7.77. The average Bonchev–Trinajstić information content (AvgIpc) is 2.94. The molecule has 0 radical (unpaired) electrons. The van der Waals surface area contributed by atoms with Crippen LogP contribution >= 0.6 is 43.2 Å². The van der Waals surface area contributed by atoms with Crippen molar-refractivity contribution in [2.75, 3.05) is 13.7 Å². The van der Waals surface area contributed by atoms with Gasteiger partial charge in [-0.15, -0.1) is 11.3 Å². The minimum absolute atomic E-state index is 0.389. The van der Waals surface area contributed by atoms with Crippen LogP contribution in [0.2, 0.25) is 0 Å². The number of thiophene rings is 1. The predicted octanol–water partition coefficient (Wildman–Crippen LogP) is 6.01. The van der Waals surface area contributed by atoms with E-state index in [1.807, 2.05) is 17.4 Å². The highest BCUT2D eigenvalue weighted by Crippen LogP contribution is 2.40. The van der Waals surface area contributed by atoms with Gasteiger partial charge in [0.1, 0.15) is 5.75 Å². The van der Waals surface area contributed by atoms with Gasteiger partial charge in [0.05, 0.1) is 11.6 Å². The molecule has 1 N–H and O–H groups in total. The largest absolute Gasteiger partial charge is 0.496 e. The fourth-order valence-electron chi connectivity index (χ4n) is 2.07. The molecular weight excluding hydrogens is 414 g/mol. The third-order valence-corrected chi connectivity index (χ3v) is 5.84. The van der Waals surface area contributed by atoms with E-state index in [4.69, 9.17) is 4.74 Å². The molecule has 0 saturated heterocycles. The van der Waals surface area contributed by atoms with E-state index in [-0.39, 0.29) is 0 Å². The Kier molecular flexibility index (Phi) is 6.29. The molecule has 0 aliphatic carbocycles. The lowest BCUT2D eigenvalue weighted by molar-refractivity contribution is 0.412. The quantitative estimate of drug-likeness (QED) is 0.603. The van der Waals surface area contributed by atoms with E-state index in [1.54, 1.807) is 7.11 Å². The van der Waals surface area contributed by atoms with Crippen LogP contribution in [0.5, 0.6) is 5.75 Å². The molecule has 5 heteroatoms. The molecule has 21 heavy (non-hydrogen) atoms. The summed E-state index contributed by atoms with van der Waals surface area (Å²) < 4.78 is 7.42. The molecule has 0 saturated carbocycles. The highest BCUT2D eigenvalue weighted by atomic mass is 79.9. The number of rotatable bonds is 6. The Morgan fingerprint density at radius 3 is 2.67 bits per heavy atom. The van der Waals surface area contributed by atoms with Gasteiger partial charge < -0.3 is 10.1 Å². The van der Waals surface area contributed by atoms with Gasteiger partial charge in [0.2, 0.25) is 0 Å². The van der Waals surface area contributed by atoms with Crippen LogP contribution in [0, 0.1) is 0 Å². The van der Waals surface area contributed by atoms with Crippen molar-refractivity contribution < 1.29 is 4.74 Å². The first-order chi connectivity index (χ1) is 10.1. The summed E-state index contributed by atoms with van der Waals surface area (Å²) in [6.45, 7) is 5.44. The normalized spacial score (nSPS) is 12.4. The lowest BCUT2D eigenvalue weighted by Gasteiger charge is -2.11. The van der Waals surface area contributed by atoms with Gasteiger partial charge >= 0.3 is 0 Å². The van der Waals surface area contributed by atoms with Gasteiger partial charge in [-0.3, -0.25) is 0 Å². The lowest BCUT2D eigenvalue weighted by atomic mass is 10.2. The van der Waals surface area contributed by atoms with Gasteiger partial charge in [0, 0.05) is 25.8 Å². The zero-order valence-corrected chi connectivity index (χ0v) is 16.4. The van der Waals surface area contributed by atoms with Crippen molar-refractivity contribution in [1.82, 2.24) is 5.32 Å². The van der Waals surface area contributed by atoms with E-state index in [2.05, 4.69) is 69.2 Å². The number of nitrogens with one attached hydrogen (secondary N) is 1. The van der Waals surface area contributed by atoms with E-state index >= 15 is 0 Å². The molecule has 0 aliphatic heterocycles. The van der Waals surface area contributed by atoms with Crippen molar-refractivity contribution in [3.05, 3.63) is 38.1 Å². The summed E-state index contributed by atoms with van der Waals surface area (Å²) in [5, 5.41) is 3.53. The van der Waals surface area contributed by atoms with Crippen LogP contribution in [0.15, 0.2) is 33.2 Å². The highest BCUT2D eigenvalue weighted by molar-refractivity contribution is 9.11. The Balaban J connectivity index is 2.29. The third kappa shape index (κ3) is 4.09. The van der Waals surface area contributed by atoms with E-state index < -0.39 is 0 Å². The number of ether oxygens (including phenoxy) is 1. The number of methoxy groups -OCH3 is 1. The second-order valence-corrected chi connectivity index (χ2v) is 7.67. The van der Waals surface area contributed by atoms with Crippen LogP contribution in [0.1, 0.15) is 31.2 Å². The van der Waals surface area contributed by atoms with E-state index in [0.29, 0.717) is 6.04 Å². The second-order valence-electron chi connectivity index (χ2n) is 4.84. The third-order valence-electron chi connectivity index (χ3n) is 3.26. The van der Waals surface area contributed by atoms with E-state index in [0.717, 1.165) is 33.2 Å². The SMILES string of the molecule is CCCNC(C)c1ccc(-c2cc(OC)c(Br)cc2Br)s1. The van der Waals surface area contributed by atoms with Gasteiger partial charge in [-0.1, -0.05) is 22.9 Å². The summed E-state index contributed by atoms with van der Waals surface area (Å²) in [6, 6.07) is 8.87. The standard InChI is InChI=1S/C16H19Br2NOS/c1-4-7-19-10(2)15-5-6-16(21-15)11-8-14(20-3)13(18)9-12(11)17/h5-6,8-10,19H,4,7H2,1-3H3. The molecule has 2 nitrogen and oxygen atoms in total. The van der Waals surface area contributed by atoms with Gasteiger partial charge in [-0.05, 0) is 60.1 Å². The van der Waals surface area contributed by atoms with Crippen LogP contribution in [-0.2, 0) is 0 Å². The Morgan fingerprint density at radius 2 is 2.00 bits per heavy atom. The first kappa shape index (κ1) is 17.0. The van der Waals surface area contributed by atoms with Crippen LogP contribution in [0.25, 0.3) is 10.4 Å². The Labute approximate surface area is 147 Å². The molecule has 0 spiro atoms. The van der Waals surface area contributed by atoms with E-state index in [1.165, 1.54) is 9.75 Å². The number of benzene rings is 1. The molecular formula is C16H19Br2NOS. The van der Waals surface area contributed by atoms with Crippen LogP contribution < -0.4 is 10.1 Å². The van der Waals surface area contributed by atoms with E-state index in [9.17, 15) is 0 Å². The Bertz CT molecular complexity index is 612. The van der Waals surface area contributed by atoms with Crippen LogP contribution in [0.3, 0.4) is 0 Å². The van der Waals surface area contributed by atoms with Crippen LogP contribution in [0.4, 0.5) is 0 Å². The molecule has 0 amide bonds. The molecule has 1 aromatic heterocycles. The molecule has 1 unspecified atom stereocenters. The molecule has 0 bridgehead atoms. The molecule has 1 heterocycles. The maximum atomic E-state index is 5.39. The van der Waals surface area contributed by atoms with Crippen molar-refractivity contribution in [2.24, 2.45) is 0 Å². The highest BCUT2D eigenvalue weighted by Gasteiger charge is 2.13. The average molecular weight is 433 g/mol. The number of hydrogen-bond donors (Lipinski definition) is 1. The first-order valence-corrected chi connectivity index (χ1v) is 9.33. The summed E-state index contributed by atoms with van der Waals surface area (Å²) in [7, 11) is 1.69. The minimum atomic E-state index is 0.389. The van der Waals surface area contributed by atoms with Crippen LogP contribution in [-0.4, -0.2) is 13.7 Å². The molecule has 114 valence electrons. The fourth-order valence-corrected chi connectivity index (χ4v) is 4.63. The Morgan fingerprint density at radius 1 is 1.24 bits per heavy atom. The van der Waals surface area contributed by atoms with Crippen molar-refractivity contribution >= 4 is 43.2 Å². The number of hydrogen-bond acceptors (Lipinski definition) is 3. The van der Waals surface area contributed by atoms with Crippen molar-refractivity contribution in [3.63, 3.8) is 0 Å². The smallest absolute Gasteiger partial charge is 0.133 e. The summed E-state index contributed by atoms with van der Waals surface area (Å²) in [6.07, 6.45) is 1.15. The zero-order valence-electron chi connectivity index (χ0n) is 12.4. The maximum absolute atomic E-state index is 5.39. The van der Waals surface area contributed by atoms with Crippen molar-refractivity contribution in [3.8, 4) is 16.2 Å². The van der Waals surface area contributed by atoms with Gasteiger partial charge in [-0.2, -0.15) is 0 Å². The maximum Gasteiger partial charge on any atom is 0.133 e. The molecule has 0 aliphatic rings. The fraction of sp³-hybridized carbons (Fsp3) is 0.375. The van der Waals surface area contributed by atoms with Gasteiger partial charge in [-0.25, -0.2) is 0 Å². The van der Waals surface area contributed by atoms with Crippen molar-refractivity contribution in [1.29, 1.82) is 0 Å². The molecule has 1 atom stereocenters. The minimum Gasteiger partial charge on any atom is -0.496 e. The summed E-state index contributed by atoms with van der Waals surface area (Å²) in [5.74, 6) is 0.848. The van der Waals surface area contributed by atoms with Gasteiger partial charge in [0.15, 0.2) is 0 Å². The number of halogens is 2. The summed E-state index contributed by atoms with van der Waals surface area (Å²) in [4.78, 5) is 2.60.